The zero-order valence-corrected chi connectivity index (χ0v) is 16.8. The van der Waals surface area contributed by atoms with E-state index in [-0.39, 0.29) is 5.91 Å². The van der Waals surface area contributed by atoms with Crippen LogP contribution in [-0.2, 0) is 4.79 Å². The van der Waals surface area contributed by atoms with Crippen LogP contribution >= 0.6 is 23.1 Å². The summed E-state index contributed by atoms with van der Waals surface area (Å²) in [4.78, 5) is 19.4. The minimum absolute atomic E-state index is 0.0894. The largest absolute Gasteiger partial charge is 0.370 e. The summed E-state index contributed by atoms with van der Waals surface area (Å²) in [6.45, 7) is 2.15. The van der Waals surface area contributed by atoms with Gasteiger partial charge < -0.3 is 10.2 Å². The average Bonchev–Trinajstić information content (AvgIpc) is 3.35. The Balaban J connectivity index is 1.26. The second kappa shape index (κ2) is 8.76. The maximum absolute atomic E-state index is 12.4. The number of carbonyl (C=O) groups is 1. The fourth-order valence-corrected chi connectivity index (χ4v) is 5.41. The topological polar surface area (TPSA) is 45.2 Å². The molecule has 1 aliphatic rings. The lowest BCUT2D eigenvalue weighted by Crippen LogP contribution is -2.21. The summed E-state index contributed by atoms with van der Waals surface area (Å²) in [5.41, 5.74) is 3.14. The molecular weight excluding hydrogens is 374 g/mol. The first kappa shape index (κ1) is 18.3. The van der Waals surface area contributed by atoms with Gasteiger partial charge in [-0.2, -0.15) is 0 Å². The summed E-state index contributed by atoms with van der Waals surface area (Å²) in [6, 6.07) is 16.3. The normalized spacial score (nSPS) is 14.0. The molecule has 1 aliphatic heterocycles. The molecule has 2 aromatic carbocycles. The van der Waals surface area contributed by atoms with Crippen molar-refractivity contribution in [2.75, 3.05) is 29.1 Å². The minimum Gasteiger partial charge on any atom is -0.370 e. The lowest BCUT2D eigenvalue weighted by molar-refractivity contribution is -0.116. The van der Waals surface area contributed by atoms with Gasteiger partial charge in [-0.25, -0.2) is 4.98 Å². The highest BCUT2D eigenvalue weighted by Crippen LogP contribution is 2.30. The first-order valence-electron chi connectivity index (χ1n) is 9.42. The van der Waals surface area contributed by atoms with Crippen LogP contribution in [0.2, 0.25) is 0 Å². The van der Waals surface area contributed by atoms with Gasteiger partial charge in [0.05, 0.1) is 21.6 Å². The number of aromatic nitrogens is 1. The Morgan fingerprint density at radius 3 is 2.74 bits per heavy atom. The molecule has 27 heavy (non-hydrogen) atoms. The molecule has 1 amide bonds. The third kappa shape index (κ3) is 4.62. The van der Waals surface area contributed by atoms with Gasteiger partial charge in [-0.3, -0.25) is 4.79 Å². The number of amides is 1. The molecule has 3 aromatic rings. The molecule has 0 saturated carbocycles. The summed E-state index contributed by atoms with van der Waals surface area (Å²) < 4.78 is 2.30. The summed E-state index contributed by atoms with van der Waals surface area (Å²) in [7, 11) is 0. The molecule has 6 heteroatoms. The Bertz CT molecular complexity index is 885. The number of anilines is 2. The molecule has 0 aliphatic carbocycles. The van der Waals surface area contributed by atoms with Crippen molar-refractivity contribution in [3.05, 3.63) is 48.5 Å². The molecule has 0 atom stereocenters. The number of thioether (sulfide) groups is 1. The van der Waals surface area contributed by atoms with Crippen LogP contribution in [0.25, 0.3) is 10.2 Å². The number of fused-ring (bicyclic) bond motifs is 1. The maximum Gasteiger partial charge on any atom is 0.224 e. The Kier molecular flexibility index (Phi) is 5.94. The molecule has 1 saturated heterocycles. The van der Waals surface area contributed by atoms with E-state index in [0.717, 1.165) is 46.5 Å². The highest BCUT2D eigenvalue weighted by Gasteiger charge is 2.16. The monoisotopic (exact) mass is 397 g/mol. The first-order chi connectivity index (χ1) is 13.3. The molecule has 2 heterocycles. The van der Waals surface area contributed by atoms with Crippen molar-refractivity contribution in [1.82, 2.24) is 4.98 Å². The molecule has 1 fully saturated rings. The zero-order chi connectivity index (χ0) is 18.5. The number of hydrogen-bond donors (Lipinski definition) is 1. The van der Waals surface area contributed by atoms with Crippen molar-refractivity contribution >= 4 is 50.6 Å². The SMILES string of the molecule is O=C(CCCSc1nc2ccccc2s1)Nc1ccccc1N1CCCC1. The number of rotatable bonds is 7. The van der Waals surface area contributed by atoms with E-state index >= 15 is 0 Å². The van der Waals surface area contributed by atoms with Gasteiger partial charge in [0.2, 0.25) is 5.91 Å². The third-order valence-electron chi connectivity index (χ3n) is 4.67. The van der Waals surface area contributed by atoms with E-state index in [1.165, 1.54) is 17.5 Å². The number of benzene rings is 2. The van der Waals surface area contributed by atoms with E-state index in [1.54, 1.807) is 23.1 Å². The van der Waals surface area contributed by atoms with Crippen molar-refractivity contribution in [2.24, 2.45) is 0 Å². The van der Waals surface area contributed by atoms with Crippen LogP contribution in [0.1, 0.15) is 25.7 Å². The Morgan fingerprint density at radius 1 is 1.11 bits per heavy atom. The van der Waals surface area contributed by atoms with Crippen molar-refractivity contribution in [3.63, 3.8) is 0 Å². The van der Waals surface area contributed by atoms with Gasteiger partial charge in [0.15, 0.2) is 4.34 Å². The quantitative estimate of drug-likeness (QED) is 0.428. The molecule has 1 aromatic heterocycles. The number of nitrogens with one attached hydrogen (secondary N) is 1. The number of thiazole rings is 1. The summed E-state index contributed by atoms with van der Waals surface area (Å²) in [6.07, 6.45) is 3.83. The highest BCUT2D eigenvalue weighted by atomic mass is 32.2. The van der Waals surface area contributed by atoms with E-state index in [9.17, 15) is 4.79 Å². The fourth-order valence-electron chi connectivity index (χ4n) is 3.33. The van der Waals surface area contributed by atoms with Crippen molar-refractivity contribution in [1.29, 1.82) is 0 Å². The standard InChI is InChI=1S/C21H23N3OS2/c25-20(22-16-8-1-3-10-18(16)24-13-5-6-14-24)12-7-15-26-21-23-17-9-2-4-11-19(17)27-21/h1-4,8-11H,5-7,12-15H2,(H,22,25). The fraction of sp³-hybridized carbons (Fsp3) is 0.333. The lowest BCUT2D eigenvalue weighted by atomic mass is 10.2. The average molecular weight is 398 g/mol. The predicted molar refractivity (Wildman–Crippen MR) is 116 cm³/mol. The molecule has 1 N–H and O–H groups in total. The van der Waals surface area contributed by atoms with Crippen LogP contribution in [0.5, 0.6) is 0 Å². The smallest absolute Gasteiger partial charge is 0.224 e. The van der Waals surface area contributed by atoms with E-state index in [0.29, 0.717) is 6.42 Å². The van der Waals surface area contributed by atoms with E-state index < -0.39 is 0 Å². The van der Waals surface area contributed by atoms with Gasteiger partial charge in [0.1, 0.15) is 0 Å². The maximum atomic E-state index is 12.4. The number of nitrogens with zero attached hydrogens (tertiary/aromatic N) is 2. The second-order valence-electron chi connectivity index (χ2n) is 6.66. The molecular formula is C21H23N3OS2. The zero-order valence-electron chi connectivity index (χ0n) is 15.2. The predicted octanol–water partition coefficient (Wildman–Crippen LogP) is 5.41. The minimum atomic E-state index is 0.0894. The van der Waals surface area contributed by atoms with Gasteiger partial charge in [-0.1, -0.05) is 36.0 Å². The van der Waals surface area contributed by atoms with Crippen molar-refractivity contribution < 1.29 is 4.79 Å². The van der Waals surface area contributed by atoms with Gasteiger partial charge >= 0.3 is 0 Å². The van der Waals surface area contributed by atoms with E-state index in [4.69, 9.17) is 0 Å². The second-order valence-corrected chi connectivity index (χ2v) is 9.03. The summed E-state index contributed by atoms with van der Waals surface area (Å²) >= 11 is 3.46. The molecule has 4 nitrogen and oxygen atoms in total. The molecule has 140 valence electrons. The van der Waals surface area contributed by atoms with E-state index in [2.05, 4.69) is 27.3 Å². The summed E-state index contributed by atoms with van der Waals surface area (Å²) in [5.74, 6) is 0.993. The molecule has 0 unspecified atom stereocenters. The van der Waals surface area contributed by atoms with Crippen LogP contribution < -0.4 is 10.2 Å². The first-order valence-corrected chi connectivity index (χ1v) is 11.2. The number of carbonyl (C=O) groups excluding carboxylic acids is 1. The lowest BCUT2D eigenvalue weighted by Gasteiger charge is -2.21. The van der Waals surface area contributed by atoms with Crippen LogP contribution in [-0.4, -0.2) is 29.7 Å². The van der Waals surface area contributed by atoms with Gasteiger partial charge in [-0.05, 0) is 43.5 Å². The Morgan fingerprint density at radius 2 is 1.89 bits per heavy atom. The Labute approximate surface area is 168 Å². The number of hydrogen-bond acceptors (Lipinski definition) is 5. The molecule has 0 spiro atoms. The van der Waals surface area contributed by atoms with Crippen LogP contribution in [0.3, 0.4) is 0 Å². The van der Waals surface area contributed by atoms with Crippen LogP contribution in [0, 0.1) is 0 Å². The van der Waals surface area contributed by atoms with Crippen molar-refractivity contribution in [3.8, 4) is 0 Å². The Hall–Kier alpha value is -2.05. The number of para-hydroxylation sites is 3. The van der Waals surface area contributed by atoms with Gasteiger partial charge in [-0.15, -0.1) is 11.3 Å². The molecule has 0 radical (unpaired) electrons. The highest BCUT2D eigenvalue weighted by molar-refractivity contribution is 8.01. The van der Waals surface area contributed by atoms with Crippen LogP contribution in [0.15, 0.2) is 52.9 Å². The van der Waals surface area contributed by atoms with Crippen molar-refractivity contribution in [2.45, 2.75) is 30.0 Å². The van der Waals surface area contributed by atoms with Gasteiger partial charge in [0, 0.05) is 25.3 Å². The summed E-state index contributed by atoms with van der Waals surface area (Å²) in [5, 5.41) is 3.10. The van der Waals surface area contributed by atoms with Crippen LogP contribution in [0.4, 0.5) is 11.4 Å². The molecule has 0 bridgehead atoms. The van der Waals surface area contributed by atoms with Gasteiger partial charge in [0.25, 0.3) is 0 Å². The van der Waals surface area contributed by atoms with E-state index in [1.807, 2.05) is 36.4 Å². The molecule has 4 rings (SSSR count). The third-order valence-corrected chi connectivity index (χ3v) is 6.94.